The molecule has 0 radical (unpaired) electrons. The lowest BCUT2D eigenvalue weighted by molar-refractivity contribution is -0.192. The Labute approximate surface area is 180 Å². The molecule has 2 aliphatic heterocycles. The van der Waals surface area contributed by atoms with Gasteiger partial charge in [-0.3, -0.25) is 14.5 Å². The maximum atomic E-state index is 12.4. The predicted octanol–water partition coefficient (Wildman–Crippen LogP) is 2.37. The SMILES string of the molecule is Cn1cc(C(=O)N2CC3(CC(OCc4cccnc4)CS3)C2)cn1.O=C(O)C(F)(F)F. The van der Waals surface area contributed by atoms with Crippen molar-refractivity contribution in [2.45, 2.75) is 30.1 Å². The van der Waals surface area contributed by atoms with E-state index in [9.17, 15) is 18.0 Å². The molecule has 1 atom stereocenters. The maximum Gasteiger partial charge on any atom is 0.490 e. The average molecular weight is 458 g/mol. The fourth-order valence-corrected chi connectivity index (χ4v) is 4.89. The highest BCUT2D eigenvalue weighted by Gasteiger charge is 2.51. The molecule has 2 saturated heterocycles. The van der Waals surface area contributed by atoms with Crippen LogP contribution in [0.4, 0.5) is 13.2 Å². The minimum Gasteiger partial charge on any atom is -0.475 e. The second-order valence-corrected chi connectivity index (χ2v) is 8.85. The van der Waals surface area contributed by atoms with Gasteiger partial charge in [0.2, 0.25) is 0 Å². The van der Waals surface area contributed by atoms with Crippen LogP contribution in [0.1, 0.15) is 22.3 Å². The van der Waals surface area contributed by atoms with Crippen LogP contribution >= 0.6 is 11.8 Å². The van der Waals surface area contributed by atoms with E-state index in [0.717, 1.165) is 30.8 Å². The lowest BCUT2D eigenvalue weighted by Gasteiger charge is -2.47. The highest BCUT2D eigenvalue weighted by molar-refractivity contribution is 8.01. The number of ether oxygens (including phenoxy) is 1. The molecule has 1 spiro atoms. The number of aromatic nitrogens is 3. The van der Waals surface area contributed by atoms with E-state index in [1.165, 1.54) is 0 Å². The molecule has 2 fully saturated rings. The summed E-state index contributed by atoms with van der Waals surface area (Å²) < 4.78 is 39.6. The van der Waals surface area contributed by atoms with Gasteiger partial charge in [0.1, 0.15) is 0 Å². The average Bonchev–Trinajstić information content (AvgIpc) is 3.32. The fraction of sp³-hybridized carbons (Fsp3) is 0.474. The first-order valence-electron chi connectivity index (χ1n) is 9.30. The third-order valence-electron chi connectivity index (χ3n) is 4.82. The number of aliphatic carboxylic acids is 1. The van der Waals surface area contributed by atoms with Crippen LogP contribution in [0.5, 0.6) is 0 Å². The minimum absolute atomic E-state index is 0.0778. The summed E-state index contributed by atoms with van der Waals surface area (Å²) in [6, 6.07) is 3.96. The molecule has 4 rings (SSSR count). The summed E-state index contributed by atoms with van der Waals surface area (Å²) in [5.74, 6) is -1.68. The second-order valence-electron chi connectivity index (χ2n) is 7.36. The first-order valence-corrected chi connectivity index (χ1v) is 10.3. The molecule has 1 unspecified atom stereocenters. The standard InChI is InChI=1S/C17H20N4O2S.C2HF3O2/c1-20-8-14(7-19-20)16(22)21-11-17(12-21)5-15(10-24-17)23-9-13-3-2-4-18-6-13;3-2(4,5)1(6)7/h2-4,6-8,15H,5,9-12H2,1H3;(H,6,7). The van der Waals surface area contributed by atoms with Gasteiger partial charge in [0.25, 0.3) is 5.91 Å². The summed E-state index contributed by atoms with van der Waals surface area (Å²) >= 11 is 1.94. The number of thioether (sulfide) groups is 1. The Hall–Kier alpha value is -2.60. The number of nitrogens with zero attached hydrogens (tertiary/aromatic N) is 4. The van der Waals surface area contributed by atoms with Gasteiger partial charge in [-0.2, -0.15) is 18.3 Å². The van der Waals surface area contributed by atoms with Gasteiger partial charge in [-0.05, 0) is 18.1 Å². The molecule has 1 N–H and O–H groups in total. The molecule has 0 bridgehead atoms. The van der Waals surface area contributed by atoms with Crippen molar-refractivity contribution < 1.29 is 32.6 Å². The molecule has 2 aromatic heterocycles. The normalized spacial score (nSPS) is 19.5. The van der Waals surface area contributed by atoms with Crippen LogP contribution in [0.3, 0.4) is 0 Å². The summed E-state index contributed by atoms with van der Waals surface area (Å²) in [7, 11) is 1.82. The summed E-state index contributed by atoms with van der Waals surface area (Å²) in [4.78, 5) is 27.3. The van der Waals surface area contributed by atoms with Crippen molar-refractivity contribution in [1.29, 1.82) is 0 Å². The quantitative estimate of drug-likeness (QED) is 0.751. The first-order chi connectivity index (χ1) is 14.6. The van der Waals surface area contributed by atoms with E-state index in [4.69, 9.17) is 14.6 Å². The van der Waals surface area contributed by atoms with Crippen molar-refractivity contribution in [1.82, 2.24) is 19.7 Å². The Balaban J connectivity index is 0.000000339. The van der Waals surface area contributed by atoms with Gasteiger partial charge in [0, 0.05) is 44.5 Å². The molecular weight excluding hydrogens is 437 g/mol. The van der Waals surface area contributed by atoms with Crippen LogP contribution in [0.2, 0.25) is 0 Å². The van der Waals surface area contributed by atoms with Crippen molar-refractivity contribution in [3.63, 3.8) is 0 Å². The third-order valence-corrected chi connectivity index (χ3v) is 6.40. The molecule has 0 aromatic carbocycles. The highest BCUT2D eigenvalue weighted by atomic mass is 32.2. The Morgan fingerprint density at radius 2 is 2.06 bits per heavy atom. The number of carboxylic acid groups (broad SMARTS) is 1. The predicted molar refractivity (Wildman–Crippen MR) is 105 cm³/mol. The van der Waals surface area contributed by atoms with Gasteiger partial charge < -0.3 is 14.7 Å². The van der Waals surface area contributed by atoms with Gasteiger partial charge in [0.05, 0.1) is 29.2 Å². The van der Waals surface area contributed by atoms with E-state index in [1.807, 2.05) is 42.0 Å². The van der Waals surface area contributed by atoms with Crippen LogP contribution in [0, 0.1) is 0 Å². The Kier molecular flexibility index (Phi) is 6.90. The monoisotopic (exact) mass is 458 g/mol. The molecule has 0 saturated carbocycles. The number of halogens is 3. The molecule has 1 amide bonds. The van der Waals surface area contributed by atoms with Gasteiger partial charge in [-0.15, -0.1) is 11.8 Å². The van der Waals surface area contributed by atoms with Crippen molar-refractivity contribution in [2.75, 3.05) is 18.8 Å². The van der Waals surface area contributed by atoms with Crippen LogP contribution < -0.4 is 0 Å². The summed E-state index contributed by atoms with van der Waals surface area (Å²) in [6.07, 6.45) is 3.20. The molecule has 4 heterocycles. The molecule has 168 valence electrons. The summed E-state index contributed by atoms with van der Waals surface area (Å²) in [5.41, 5.74) is 1.77. The lowest BCUT2D eigenvalue weighted by atomic mass is 9.92. The highest BCUT2D eigenvalue weighted by Crippen LogP contribution is 2.46. The smallest absolute Gasteiger partial charge is 0.475 e. The first kappa shape index (κ1) is 23.1. The number of hydrogen-bond acceptors (Lipinski definition) is 6. The topological polar surface area (TPSA) is 97.5 Å². The van der Waals surface area contributed by atoms with Gasteiger partial charge >= 0.3 is 12.1 Å². The Bertz CT molecular complexity index is 916. The number of carbonyl (C=O) groups excluding carboxylic acids is 1. The van der Waals surface area contributed by atoms with Gasteiger partial charge in [0.15, 0.2) is 0 Å². The van der Waals surface area contributed by atoms with Crippen molar-refractivity contribution in [3.8, 4) is 0 Å². The van der Waals surface area contributed by atoms with Crippen molar-refractivity contribution in [2.24, 2.45) is 7.05 Å². The van der Waals surface area contributed by atoms with Crippen LogP contribution in [-0.4, -0.2) is 72.5 Å². The van der Waals surface area contributed by atoms with Crippen LogP contribution in [0.15, 0.2) is 36.9 Å². The number of aryl methyl sites for hydroxylation is 1. The van der Waals surface area contributed by atoms with Gasteiger partial charge in [-0.25, -0.2) is 4.79 Å². The van der Waals surface area contributed by atoms with E-state index in [0.29, 0.717) is 12.2 Å². The van der Waals surface area contributed by atoms with Crippen LogP contribution in [0.25, 0.3) is 0 Å². The zero-order valence-electron chi connectivity index (χ0n) is 16.6. The number of carbonyl (C=O) groups is 2. The van der Waals surface area contributed by atoms with E-state index in [1.54, 1.807) is 23.3 Å². The second kappa shape index (κ2) is 9.27. The van der Waals surface area contributed by atoms with E-state index >= 15 is 0 Å². The number of rotatable bonds is 4. The molecule has 8 nitrogen and oxygen atoms in total. The Morgan fingerprint density at radius 3 is 2.61 bits per heavy atom. The maximum absolute atomic E-state index is 12.4. The van der Waals surface area contributed by atoms with E-state index < -0.39 is 12.1 Å². The van der Waals surface area contributed by atoms with Crippen molar-refractivity contribution >= 4 is 23.6 Å². The molecule has 0 aliphatic carbocycles. The zero-order valence-corrected chi connectivity index (χ0v) is 17.4. The van der Waals surface area contributed by atoms with Crippen LogP contribution in [-0.2, 0) is 23.2 Å². The van der Waals surface area contributed by atoms with E-state index in [-0.39, 0.29) is 16.8 Å². The molecule has 2 aliphatic rings. The van der Waals surface area contributed by atoms with Gasteiger partial charge in [-0.1, -0.05) is 6.07 Å². The molecule has 12 heteroatoms. The summed E-state index contributed by atoms with van der Waals surface area (Å²) in [5, 5.41) is 11.2. The number of alkyl halides is 3. The largest absolute Gasteiger partial charge is 0.490 e. The number of amides is 1. The number of hydrogen-bond donors (Lipinski definition) is 1. The number of likely N-dealkylation sites (tertiary alicyclic amines) is 1. The number of carboxylic acids is 1. The molecule has 2 aromatic rings. The zero-order chi connectivity index (χ0) is 22.6. The fourth-order valence-electron chi connectivity index (χ4n) is 3.33. The Morgan fingerprint density at radius 1 is 1.35 bits per heavy atom. The van der Waals surface area contributed by atoms with E-state index in [2.05, 4.69) is 10.1 Å². The molecule has 31 heavy (non-hydrogen) atoms. The number of pyridine rings is 1. The lowest BCUT2D eigenvalue weighted by Crippen LogP contribution is -2.60. The minimum atomic E-state index is -5.08. The van der Waals surface area contributed by atoms with Crippen molar-refractivity contribution in [3.05, 3.63) is 48.0 Å². The summed E-state index contributed by atoms with van der Waals surface area (Å²) in [6.45, 7) is 2.21. The third kappa shape index (κ3) is 5.97. The molecular formula is C19H21F3N4O4S.